The molecule has 12 heteroatoms. The number of ether oxygens (including phenoxy) is 3. The number of amides is 1. The van der Waals surface area contributed by atoms with Gasteiger partial charge in [0.2, 0.25) is 11.5 Å². The summed E-state index contributed by atoms with van der Waals surface area (Å²) in [4.78, 5) is 52.2. The van der Waals surface area contributed by atoms with E-state index in [1.807, 2.05) is 0 Å². The molecule has 51 heavy (non-hydrogen) atoms. The van der Waals surface area contributed by atoms with Crippen molar-refractivity contribution in [1.82, 2.24) is 19.5 Å². The summed E-state index contributed by atoms with van der Waals surface area (Å²) < 4.78 is 34.9. The summed E-state index contributed by atoms with van der Waals surface area (Å²) in [5.41, 5.74) is -1.82. The van der Waals surface area contributed by atoms with E-state index < -0.39 is 35.2 Å². The van der Waals surface area contributed by atoms with Gasteiger partial charge in [-0.1, -0.05) is 70.6 Å². The summed E-state index contributed by atoms with van der Waals surface area (Å²) >= 11 is 0. The van der Waals surface area contributed by atoms with Gasteiger partial charge in [-0.05, 0) is 69.6 Å². The Labute approximate surface area is 300 Å². The van der Waals surface area contributed by atoms with Crippen LogP contribution in [0.5, 0.6) is 0 Å². The molecular weight excluding hydrogens is 653 g/mol. The minimum Gasteiger partial charge on any atom is -0.461 e. The monoisotopic (exact) mass is 707 g/mol. The number of imidazole rings is 1. The van der Waals surface area contributed by atoms with Gasteiger partial charge < -0.3 is 24.1 Å². The molecule has 4 saturated carbocycles. The second-order valence-electron chi connectivity index (χ2n) is 15.4. The quantitative estimate of drug-likeness (QED) is 0.0821. The highest BCUT2D eigenvalue weighted by Gasteiger charge is 2.55. The van der Waals surface area contributed by atoms with Crippen molar-refractivity contribution in [3.8, 4) is 12.3 Å². The van der Waals surface area contributed by atoms with E-state index in [0.29, 0.717) is 24.7 Å². The minimum atomic E-state index is -1.58. The van der Waals surface area contributed by atoms with Crippen LogP contribution in [-0.4, -0.2) is 62.3 Å². The first kappa shape index (κ1) is 37.2. The molecule has 2 bridgehead atoms. The summed E-state index contributed by atoms with van der Waals surface area (Å²) in [6, 6.07) is -0.772. The van der Waals surface area contributed by atoms with Crippen molar-refractivity contribution in [1.29, 1.82) is 0 Å². The molecule has 1 N–H and O–H groups in total. The zero-order valence-electron chi connectivity index (χ0n) is 30.1. The van der Waals surface area contributed by atoms with Crippen LogP contribution >= 0.6 is 0 Å². The fourth-order valence-electron chi connectivity index (χ4n) is 8.80. The molecule has 2 aromatic heterocycles. The van der Waals surface area contributed by atoms with Crippen LogP contribution in [0.25, 0.3) is 11.2 Å². The molecule has 4 aliphatic carbocycles. The van der Waals surface area contributed by atoms with Gasteiger partial charge >= 0.3 is 18.0 Å². The number of unbranched alkanes of at least 4 members (excludes halogenated alkanes) is 4. The van der Waals surface area contributed by atoms with Crippen LogP contribution in [0.2, 0.25) is 0 Å². The van der Waals surface area contributed by atoms with Crippen LogP contribution in [0.15, 0.2) is 6.33 Å². The number of fused-ring (bicyclic) bond motifs is 4. The topological polar surface area (TPSA) is 135 Å². The number of rotatable bonds is 16. The SMILES string of the molecule is C#C[C@]1(COC(=O)C23CCC(CC2)CC3)OCC(n2cnc3c(NC(=O)CCCCCCC)nc(F)nc32)[C@@H]1OC(=O)CCCC1CCCCC1. The van der Waals surface area contributed by atoms with Crippen LogP contribution in [-0.2, 0) is 28.6 Å². The summed E-state index contributed by atoms with van der Waals surface area (Å²) in [5.74, 6) is 2.95. The average molecular weight is 708 g/mol. The summed E-state index contributed by atoms with van der Waals surface area (Å²) in [6.45, 7) is 1.80. The average Bonchev–Trinajstić information content (AvgIpc) is 3.73. The Morgan fingerprint density at radius 3 is 2.49 bits per heavy atom. The molecule has 0 radical (unpaired) electrons. The molecule has 1 amide bonds. The first-order chi connectivity index (χ1) is 24.8. The van der Waals surface area contributed by atoms with Gasteiger partial charge in [-0.25, -0.2) is 4.98 Å². The van der Waals surface area contributed by atoms with E-state index in [2.05, 4.69) is 33.1 Å². The minimum absolute atomic E-state index is 0.0366. The van der Waals surface area contributed by atoms with Crippen molar-refractivity contribution in [3.63, 3.8) is 0 Å². The van der Waals surface area contributed by atoms with E-state index in [0.717, 1.165) is 70.6 Å². The molecule has 3 heterocycles. The number of esters is 2. The Bertz CT molecular complexity index is 1560. The van der Waals surface area contributed by atoms with E-state index in [1.165, 1.54) is 38.4 Å². The molecule has 0 spiro atoms. The lowest BCUT2D eigenvalue weighted by atomic mass is 9.61. The molecule has 2 aromatic rings. The van der Waals surface area contributed by atoms with E-state index >= 15 is 0 Å². The lowest BCUT2D eigenvalue weighted by Gasteiger charge is -2.44. The van der Waals surface area contributed by atoms with Gasteiger partial charge in [0.05, 0.1) is 18.3 Å². The van der Waals surface area contributed by atoms with Gasteiger partial charge in [-0.3, -0.25) is 14.4 Å². The maximum absolute atomic E-state index is 14.9. The molecule has 1 aliphatic heterocycles. The van der Waals surface area contributed by atoms with Gasteiger partial charge in [0, 0.05) is 12.8 Å². The zero-order chi connectivity index (χ0) is 35.8. The first-order valence-corrected chi connectivity index (χ1v) is 19.4. The number of hydrogen-bond acceptors (Lipinski definition) is 9. The molecule has 278 valence electrons. The van der Waals surface area contributed by atoms with Crippen LogP contribution in [0, 0.1) is 35.7 Å². The molecule has 0 aromatic carbocycles. The lowest BCUT2D eigenvalue weighted by molar-refractivity contribution is -0.175. The van der Waals surface area contributed by atoms with Crippen molar-refractivity contribution in [2.75, 3.05) is 18.5 Å². The van der Waals surface area contributed by atoms with Crippen LogP contribution in [0.3, 0.4) is 0 Å². The van der Waals surface area contributed by atoms with E-state index in [9.17, 15) is 18.8 Å². The van der Waals surface area contributed by atoms with Gasteiger partial charge in [-0.15, -0.1) is 6.42 Å². The Balaban J connectivity index is 1.21. The van der Waals surface area contributed by atoms with Gasteiger partial charge in [-0.2, -0.15) is 14.4 Å². The number of nitrogens with zero attached hydrogens (tertiary/aromatic N) is 4. The second kappa shape index (κ2) is 16.8. The smallest absolute Gasteiger partial charge is 0.312 e. The number of carbonyl (C=O) groups is 3. The maximum Gasteiger partial charge on any atom is 0.312 e. The third-order valence-electron chi connectivity index (χ3n) is 12.0. The fraction of sp³-hybridized carbons (Fsp3) is 0.744. The second-order valence-corrected chi connectivity index (χ2v) is 15.4. The molecular formula is C39H54FN5O6. The van der Waals surface area contributed by atoms with Crippen molar-refractivity contribution in [2.24, 2.45) is 17.3 Å². The van der Waals surface area contributed by atoms with Gasteiger partial charge in [0.15, 0.2) is 23.1 Å². The predicted octanol–water partition coefficient (Wildman–Crippen LogP) is 7.38. The number of anilines is 1. The largest absolute Gasteiger partial charge is 0.461 e. The van der Waals surface area contributed by atoms with Crippen LogP contribution < -0.4 is 5.32 Å². The van der Waals surface area contributed by atoms with E-state index in [-0.39, 0.29) is 54.9 Å². The predicted molar refractivity (Wildman–Crippen MR) is 189 cm³/mol. The number of nitrogens with one attached hydrogen (secondary N) is 1. The normalized spacial score (nSPS) is 27.7. The van der Waals surface area contributed by atoms with Gasteiger partial charge in [0.1, 0.15) is 12.6 Å². The third-order valence-corrected chi connectivity index (χ3v) is 12.0. The van der Waals surface area contributed by atoms with E-state index in [1.54, 1.807) is 4.57 Å². The Kier molecular flexibility index (Phi) is 12.3. The van der Waals surface area contributed by atoms with E-state index in [4.69, 9.17) is 20.6 Å². The van der Waals surface area contributed by atoms with Crippen LogP contribution in [0.4, 0.5) is 10.2 Å². The molecule has 5 aliphatic rings. The maximum atomic E-state index is 14.9. The zero-order valence-corrected chi connectivity index (χ0v) is 30.1. The number of halogens is 1. The fourth-order valence-corrected chi connectivity index (χ4v) is 8.80. The summed E-state index contributed by atoms with van der Waals surface area (Å²) in [6.07, 6.45) is 24.1. The number of terminal acetylenes is 1. The van der Waals surface area contributed by atoms with Gasteiger partial charge in [0.25, 0.3) is 0 Å². The molecule has 5 fully saturated rings. The molecule has 1 unspecified atom stereocenters. The number of hydrogen-bond donors (Lipinski definition) is 1. The van der Waals surface area contributed by atoms with Crippen LogP contribution in [0.1, 0.15) is 141 Å². The first-order valence-electron chi connectivity index (χ1n) is 19.4. The summed E-state index contributed by atoms with van der Waals surface area (Å²) in [5, 5.41) is 2.71. The standard InChI is InChI=1S/C39H54FN5O6/c1-3-5-6-7-11-16-30(46)42-34-32-35(44-37(40)43-34)45(26-41-32)29-24-50-39(4-2,25-49-36(48)38-21-18-28(19-22-38)20-23-38)33(29)51-31(47)17-12-15-27-13-9-8-10-14-27/h2,26-29,33H,3,5-25H2,1H3,(H,42,43,44,46)/t28?,29?,33-,38?,39+/m0/s1. The Morgan fingerprint density at radius 1 is 1.02 bits per heavy atom. The lowest BCUT2D eigenvalue weighted by Crippen LogP contribution is -2.49. The Hall–Kier alpha value is -3.59. The van der Waals surface area contributed by atoms with Crippen molar-refractivity contribution in [2.45, 2.75) is 153 Å². The highest BCUT2D eigenvalue weighted by Crippen LogP contribution is 2.51. The third kappa shape index (κ3) is 8.56. The van der Waals surface area contributed by atoms with Crippen molar-refractivity contribution < 1.29 is 33.0 Å². The summed E-state index contributed by atoms with van der Waals surface area (Å²) in [7, 11) is 0. The molecule has 7 rings (SSSR count). The van der Waals surface area contributed by atoms with Crippen molar-refractivity contribution in [3.05, 3.63) is 12.4 Å². The highest BCUT2D eigenvalue weighted by atomic mass is 19.1. The highest BCUT2D eigenvalue weighted by molar-refractivity contribution is 5.96. The molecule has 11 nitrogen and oxygen atoms in total. The number of carbonyl (C=O) groups excluding carboxylic acids is 3. The molecule has 1 saturated heterocycles. The number of aromatic nitrogens is 4. The molecule has 3 atom stereocenters. The van der Waals surface area contributed by atoms with Crippen molar-refractivity contribution >= 4 is 34.8 Å². The Morgan fingerprint density at radius 2 is 1.76 bits per heavy atom.